The number of nitrogens with zero attached hydrogens (tertiary/aromatic N) is 2. The Bertz CT molecular complexity index is 460. The smallest absolute Gasteiger partial charge is 0.161 e. The van der Waals surface area contributed by atoms with Gasteiger partial charge < -0.3 is 4.90 Å². The zero-order valence-corrected chi connectivity index (χ0v) is 11.8. The number of benzene rings is 1. The van der Waals surface area contributed by atoms with Gasteiger partial charge in [0.2, 0.25) is 0 Å². The van der Waals surface area contributed by atoms with Gasteiger partial charge in [-0.3, -0.25) is 0 Å². The van der Waals surface area contributed by atoms with Crippen molar-refractivity contribution < 1.29 is 4.39 Å². The fourth-order valence-electron chi connectivity index (χ4n) is 2.36. The first-order valence-corrected chi connectivity index (χ1v) is 7.16. The van der Waals surface area contributed by atoms with Crippen molar-refractivity contribution in [2.75, 3.05) is 18.0 Å². The van der Waals surface area contributed by atoms with E-state index < -0.39 is 0 Å². The van der Waals surface area contributed by atoms with Crippen molar-refractivity contribution in [3.05, 3.63) is 28.0 Å². The molecule has 4 heteroatoms. The molecule has 1 saturated heterocycles. The minimum atomic E-state index is -0.311. The molecule has 18 heavy (non-hydrogen) atoms. The second-order valence-corrected chi connectivity index (χ2v) is 5.42. The number of hydrogen-bond donors (Lipinski definition) is 0. The van der Waals surface area contributed by atoms with Gasteiger partial charge >= 0.3 is 0 Å². The molecule has 1 heterocycles. The summed E-state index contributed by atoms with van der Waals surface area (Å²) < 4.78 is 14.5. The van der Waals surface area contributed by atoms with Crippen molar-refractivity contribution in [1.82, 2.24) is 0 Å². The molecule has 96 valence electrons. The van der Waals surface area contributed by atoms with E-state index in [9.17, 15) is 4.39 Å². The largest absolute Gasteiger partial charge is 0.369 e. The monoisotopic (exact) mass is 310 g/mol. The zero-order valence-electron chi connectivity index (χ0n) is 10.3. The predicted octanol–water partition coefficient (Wildman–Crippen LogP) is 4.23. The summed E-state index contributed by atoms with van der Waals surface area (Å²) in [4.78, 5) is 2.10. The fraction of sp³-hybridized carbons (Fsp3) is 0.500. The molecule has 0 amide bonds. The molecular formula is C14H16BrFN2. The molecular weight excluding hydrogens is 295 g/mol. The number of halogens is 2. The summed E-state index contributed by atoms with van der Waals surface area (Å²) in [5.74, 6) is -0.311. The summed E-state index contributed by atoms with van der Waals surface area (Å²) in [6.45, 7) is 1.80. The molecule has 0 aromatic heterocycles. The summed E-state index contributed by atoms with van der Waals surface area (Å²) in [5, 5.41) is 8.87. The summed E-state index contributed by atoms with van der Waals surface area (Å²) >= 11 is 3.17. The lowest BCUT2D eigenvalue weighted by atomic mass is 10.1. The average molecular weight is 311 g/mol. The van der Waals surface area contributed by atoms with E-state index in [1.807, 2.05) is 6.07 Å². The van der Waals surface area contributed by atoms with Crippen LogP contribution >= 0.6 is 15.9 Å². The average Bonchev–Trinajstić information content (AvgIpc) is 2.33. The van der Waals surface area contributed by atoms with Crippen molar-refractivity contribution in [3.8, 4) is 6.07 Å². The third kappa shape index (κ3) is 2.84. The zero-order chi connectivity index (χ0) is 13.0. The minimum Gasteiger partial charge on any atom is -0.369 e. The molecule has 0 spiro atoms. The van der Waals surface area contributed by atoms with Gasteiger partial charge in [-0.25, -0.2) is 4.39 Å². The molecule has 0 unspecified atom stereocenters. The Balaban J connectivity index is 2.26. The van der Waals surface area contributed by atoms with Crippen LogP contribution in [0.3, 0.4) is 0 Å². The van der Waals surface area contributed by atoms with Gasteiger partial charge in [-0.15, -0.1) is 0 Å². The molecule has 0 aliphatic carbocycles. The van der Waals surface area contributed by atoms with Crippen LogP contribution in [0.15, 0.2) is 16.6 Å². The summed E-state index contributed by atoms with van der Waals surface area (Å²) in [6.07, 6.45) is 5.94. The van der Waals surface area contributed by atoms with Gasteiger partial charge in [0.1, 0.15) is 6.07 Å². The van der Waals surface area contributed by atoms with E-state index >= 15 is 0 Å². The first kappa shape index (κ1) is 13.4. The lowest BCUT2D eigenvalue weighted by molar-refractivity contribution is 0.543. The van der Waals surface area contributed by atoms with Crippen LogP contribution in [0.2, 0.25) is 0 Å². The van der Waals surface area contributed by atoms with Gasteiger partial charge in [-0.05, 0) is 40.9 Å². The topological polar surface area (TPSA) is 27.0 Å². The Labute approximate surface area is 116 Å². The number of anilines is 1. The first-order chi connectivity index (χ1) is 8.74. The SMILES string of the molecule is N#Cc1ccc(N2CCCCCCC2)c(F)c1Br. The van der Waals surface area contributed by atoms with E-state index in [0.717, 1.165) is 25.9 Å². The molecule has 1 aliphatic rings. The summed E-state index contributed by atoms with van der Waals surface area (Å²) in [7, 11) is 0. The van der Waals surface area contributed by atoms with Crippen molar-refractivity contribution in [1.29, 1.82) is 5.26 Å². The fourth-order valence-corrected chi connectivity index (χ4v) is 2.78. The molecule has 1 fully saturated rings. The van der Waals surface area contributed by atoms with Crippen molar-refractivity contribution in [3.63, 3.8) is 0 Å². The van der Waals surface area contributed by atoms with Crippen molar-refractivity contribution in [2.24, 2.45) is 0 Å². The van der Waals surface area contributed by atoms with Crippen molar-refractivity contribution in [2.45, 2.75) is 32.1 Å². The Hall–Kier alpha value is -1.08. The van der Waals surface area contributed by atoms with Gasteiger partial charge in [-0.2, -0.15) is 5.26 Å². The van der Waals surface area contributed by atoms with Crippen LogP contribution in [0.4, 0.5) is 10.1 Å². The minimum absolute atomic E-state index is 0.282. The number of rotatable bonds is 1. The third-order valence-corrected chi connectivity index (χ3v) is 4.15. The van der Waals surface area contributed by atoms with Crippen LogP contribution in [0, 0.1) is 17.1 Å². The number of hydrogen-bond acceptors (Lipinski definition) is 2. The molecule has 0 bridgehead atoms. The Morgan fingerprint density at radius 2 is 1.72 bits per heavy atom. The Morgan fingerprint density at radius 1 is 1.11 bits per heavy atom. The highest BCUT2D eigenvalue weighted by Gasteiger charge is 2.17. The van der Waals surface area contributed by atoms with Gasteiger partial charge in [0.25, 0.3) is 0 Å². The highest BCUT2D eigenvalue weighted by atomic mass is 79.9. The second-order valence-electron chi connectivity index (χ2n) is 4.63. The Morgan fingerprint density at radius 3 is 2.33 bits per heavy atom. The molecule has 2 nitrogen and oxygen atoms in total. The number of nitriles is 1. The molecule has 2 rings (SSSR count). The quantitative estimate of drug-likeness (QED) is 0.776. The highest BCUT2D eigenvalue weighted by Crippen LogP contribution is 2.30. The molecule has 0 N–H and O–H groups in total. The van der Waals surface area contributed by atoms with E-state index in [2.05, 4.69) is 20.8 Å². The van der Waals surface area contributed by atoms with Crippen LogP contribution in [0.25, 0.3) is 0 Å². The summed E-state index contributed by atoms with van der Waals surface area (Å²) in [6, 6.07) is 5.39. The lowest BCUT2D eigenvalue weighted by Crippen LogP contribution is -2.28. The molecule has 1 aromatic rings. The predicted molar refractivity (Wildman–Crippen MR) is 74.1 cm³/mol. The molecule has 1 aliphatic heterocycles. The van der Waals surface area contributed by atoms with Crippen molar-refractivity contribution >= 4 is 21.6 Å². The summed E-state index contributed by atoms with van der Waals surface area (Å²) in [5.41, 5.74) is 0.964. The van der Waals surface area contributed by atoms with E-state index in [0.29, 0.717) is 11.3 Å². The third-order valence-electron chi connectivity index (χ3n) is 3.38. The van der Waals surface area contributed by atoms with Crippen LogP contribution in [0.1, 0.15) is 37.7 Å². The standard InChI is InChI=1S/C14H16BrFN2/c15-13-11(10-17)6-7-12(14(13)16)18-8-4-2-1-3-5-9-18/h6-7H,1-5,8-9H2. The maximum Gasteiger partial charge on any atom is 0.161 e. The maximum atomic E-state index is 14.2. The highest BCUT2D eigenvalue weighted by molar-refractivity contribution is 9.10. The van der Waals surface area contributed by atoms with Gasteiger partial charge in [0, 0.05) is 13.1 Å². The van der Waals surface area contributed by atoms with Gasteiger partial charge in [-0.1, -0.05) is 19.3 Å². The lowest BCUT2D eigenvalue weighted by Gasteiger charge is -2.27. The van der Waals surface area contributed by atoms with Crippen LogP contribution in [-0.4, -0.2) is 13.1 Å². The van der Waals surface area contributed by atoms with E-state index in [1.165, 1.54) is 19.3 Å². The molecule has 0 atom stereocenters. The molecule has 1 aromatic carbocycles. The normalized spacial score (nSPS) is 16.8. The van der Waals surface area contributed by atoms with Crippen LogP contribution < -0.4 is 4.90 Å². The van der Waals surface area contributed by atoms with E-state index in [4.69, 9.17) is 5.26 Å². The van der Waals surface area contributed by atoms with E-state index in [-0.39, 0.29) is 10.3 Å². The van der Waals surface area contributed by atoms with E-state index in [1.54, 1.807) is 12.1 Å². The first-order valence-electron chi connectivity index (χ1n) is 6.37. The second kappa shape index (κ2) is 6.19. The Kier molecular flexibility index (Phi) is 4.60. The maximum absolute atomic E-state index is 14.2. The van der Waals surface area contributed by atoms with Gasteiger partial charge in [0.15, 0.2) is 5.82 Å². The molecule has 0 saturated carbocycles. The molecule has 0 radical (unpaired) electrons. The van der Waals surface area contributed by atoms with Crippen LogP contribution in [-0.2, 0) is 0 Å². The van der Waals surface area contributed by atoms with Gasteiger partial charge in [0.05, 0.1) is 15.7 Å². The van der Waals surface area contributed by atoms with Crippen LogP contribution in [0.5, 0.6) is 0 Å².